The van der Waals surface area contributed by atoms with Crippen LogP contribution < -0.4 is 10.6 Å². The Kier molecular flexibility index (Phi) is 3.20. The number of nitrogens with zero attached hydrogens (tertiary/aromatic N) is 2. The molecule has 1 saturated heterocycles. The summed E-state index contributed by atoms with van der Waals surface area (Å²) in [6.45, 7) is 0. The molecule has 3 rings (SSSR count). The Labute approximate surface area is 115 Å². The predicted molar refractivity (Wildman–Crippen MR) is 73.4 cm³/mol. The molecule has 0 spiro atoms. The van der Waals surface area contributed by atoms with Gasteiger partial charge in [-0.25, -0.2) is 4.68 Å². The summed E-state index contributed by atoms with van der Waals surface area (Å²) >= 11 is 0. The first-order valence-electron chi connectivity index (χ1n) is 6.43. The second-order valence-electron chi connectivity index (χ2n) is 4.66. The van der Waals surface area contributed by atoms with Crippen LogP contribution in [0.15, 0.2) is 42.7 Å². The summed E-state index contributed by atoms with van der Waals surface area (Å²) in [5.74, 6) is -0.284. The second-order valence-corrected chi connectivity index (χ2v) is 4.66. The van der Waals surface area contributed by atoms with Gasteiger partial charge < -0.3 is 10.6 Å². The monoisotopic (exact) mass is 270 g/mol. The number of amides is 2. The van der Waals surface area contributed by atoms with Crippen molar-refractivity contribution >= 4 is 17.5 Å². The number of carbonyl (C=O) groups excluding carboxylic acids is 2. The van der Waals surface area contributed by atoms with Crippen LogP contribution in [0.5, 0.6) is 0 Å². The highest BCUT2D eigenvalue weighted by molar-refractivity contribution is 5.98. The van der Waals surface area contributed by atoms with Crippen LogP contribution in [0.25, 0.3) is 5.69 Å². The SMILES string of the molecule is O=C1CCC(C(=O)Nc2cnn(-c3ccccc3)c2)N1. The summed E-state index contributed by atoms with van der Waals surface area (Å²) < 4.78 is 1.68. The Bertz CT molecular complexity index is 636. The van der Waals surface area contributed by atoms with Crippen LogP contribution in [0.2, 0.25) is 0 Å². The summed E-state index contributed by atoms with van der Waals surface area (Å²) in [5.41, 5.74) is 1.53. The van der Waals surface area contributed by atoms with Gasteiger partial charge >= 0.3 is 0 Å². The molecule has 2 heterocycles. The lowest BCUT2D eigenvalue weighted by Gasteiger charge is -2.08. The largest absolute Gasteiger partial charge is 0.344 e. The normalized spacial score (nSPS) is 17.8. The van der Waals surface area contributed by atoms with E-state index in [2.05, 4.69) is 15.7 Å². The molecule has 2 N–H and O–H groups in total. The number of benzene rings is 1. The van der Waals surface area contributed by atoms with E-state index in [-0.39, 0.29) is 11.8 Å². The molecule has 1 aliphatic rings. The smallest absolute Gasteiger partial charge is 0.247 e. The molecule has 0 radical (unpaired) electrons. The van der Waals surface area contributed by atoms with Crippen molar-refractivity contribution in [3.63, 3.8) is 0 Å². The first kappa shape index (κ1) is 12.4. The molecule has 6 heteroatoms. The Balaban J connectivity index is 1.68. The van der Waals surface area contributed by atoms with Crippen molar-refractivity contribution in [2.45, 2.75) is 18.9 Å². The van der Waals surface area contributed by atoms with E-state index in [1.165, 1.54) is 0 Å². The van der Waals surface area contributed by atoms with Gasteiger partial charge in [-0.15, -0.1) is 0 Å². The highest BCUT2D eigenvalue weighted by Gasteiger charge is 2.27. The molecular formula is C14H14N4O2. The third-order valence-electron chi connectivity index (χ3n) is 3.18. The van der Waals surface area contributed by atoms with Gasteiger partial charge in [0.1, 0.15) is 6.04 Å². The van der Waals surface area contributed by atoms with Gasteiger partial charge in [0.25, 0.3) is 0 Å². The fourth-order valence-electron chi connectivity index (χ4n) is 2.15. The lowest BCUT2D eigenvalue weighted by atomic mass is 10.2. The summed E-state index contributed by atoms with van der Waals surface area (Å²) in [5, 5.41) is 9.59. The molecular weight excluding hydrogens is 256 g/mol. The van der Waals surface area contributed by atoms with Crippen LogP contribution in [-0.4, -0.2) is 27.6 Å². The van der Waals surface area contributed by atoms with Crippen molar-refractivity contribution in [2.75, 3.05) is 5.32 Å². The van der Waals surface area contributed by atoms with Gasteiger partial charge in [0.15, 0.2) is 0 Å². The molecule has 20 heavy (non-hydrogen) atoms. The molecule has 1 aliphatic heterocycles. The summed E-state index contributed by atoms with van der Waals surface area (Å²) in [4.78, 5) is 23.0. The van der Waals surface area contributed by atoms with Crippen LogP contribution in [0, 0.1) is 0 Å². The van der Waals surface area contributed by atoms with Crippen molar-refractivity contribution in [3.05, 3.63) is 42.7 Å². The number of para-hydroxylation sites is 1. The fraction of sp³-hybridized carbons (Fsp3) is 0.214. The quantitative estimate of drug-likeness (QED) is 0.876. The maximum Gasteiger partial charge on any atom is 0.247 e. The Morgan fingerprint density at radius 3 is 2.85 bits per heavy atom. The lowest BCUT2D eigenvalue weighted by Crippen LogP contribution is -2.37. The van der Waals surface area contributed by atoms with Crippen LogP contribution in [0.4, 0.5) is 5.69 Å². The highest BCUT2D eigenvalue weighted by Crippen LogP contribution is 2.13. The molecule has 6 nitrogen and oxygen atoms in total. The summed E-state index contributed by atoms with van der Waals surface area (Å²) in [6, 6.07) is 9.18. The number of hydrogen-bond acceptors (Lipinski definition) is 3. The Hall–Kier alpha value is -2.63. The molecule has 2 aromatic rings. The van der Waals surface area contributed by atoms with Gasteiger partial charge in [-0.2, -0.15) is 5.10 Å². The van der Waals surface area contributed by atoms with E-state index >= 15 is 0 Å². The van der Waals surface area contributed by atoms with Gasteiger partial charge in [0.05, 0.1) is 23.8 Å². The highest BCUT2D eigenvalue weighted by atomic mass is 16.2. The Morgan fingerprint density at radius 1 is 1.35 bits per heavy atom. The maximum absolute atomic E-state index is 11.9. The summed E-state index contributed by atoms with van der Waals surface area (Å²) in [7, 11) is 0. The van der Waals surface area contributed by atoms with Gasteiger partial charge in [-0.1, -0.05) is 18.2 Å². The average molecular weight is 270 g/mol. The Morgan fingerprint density at radius 2 is 2.15 bits per heavy atom. The number of rotatable bonds is 3. The van der Waals surface area contributed by atoms with E-state index < -0.39 is 6.04 Å². The number of anilines is 1. The van der Waals surface area contributed by atoms with Crippen LogP contribution in [0.3, 0.4) is 0 Å². The molecule has 2 amide bonds. The van der Waals surface area contributed by atoms with E-state index in [9.17, 15) is 9.59 Å². The van der Waals surface area contributed by atoms with Crippen molar-refractivity contribution in [2.24, 2.45) is 0 Å². The molecule has 0 aliphatic carbocycles. The average Bonchev–Trinajstić information content (AvgIpc) is 3.09. The van der Waals surface area contributed by atoms with Crippen molar-refractivity contribution in [3.8, 4) is 5.69 Å². The molecule has 0 bridgehead atoms. The van der Waals surface area contributed by atoms with Gasteiger partial charge in [-0.05, 0) is 18.6 Å². The third-order valence-corrected chi connectivity index (χ3v) is 3.18. The predicted octanol–water partition coefficient (Wildman–Crippen LogP) is 1.09. The second kappa shape index (κ2) is 5.16. The lowest BCUT2D eigenvalue weighted by molar-refractivity contribution is -0.122. The van der Waals surface area contributed by atoms with E-state index in [4.69, 9.17) is 0 Å². The van der Waals surface area contributed by atoms with Crippen LogP contribution in [0.1, 0.15) is 12.8 Å². The number of carbonyl (C=O) groups is 2. The van der Waals surface area contributed by atoms with Gasteiger partial charge in [0, 0.05) is 6.42 Å². The number of hydrogen-bond donors (Lipinski definition) is 2. The van der Waals surface area contributed by atoms with Crippen molar-refractivity contribution in [1.82, 2.24) is 15.1 Å². The third kappa shape index (κ3) is 2.54. The van der Waals surface area contributed by atoms with Crippen LogP contribution in [-0.2, 0) is 9.59 Å². The van der Waals surface area contributed by atoms with E-state index in [0.29, 0.717) is 18.5 Å². The van der Waals surface area contributed by atoms with Gasteiger partial charge in [0.2, 0.25) is 11.8 Å². The molecule has 1 unspecified atom stereocenters. The van der Waals surface area contributed by atoms with Crippen molar-refractivity contribution in [1.29, 1.82) is 0 Å². The zero-order chi connectivity index (χ0) is 13.9. The topological polar surface area (TPSA) is 76.0 Å². The zero-order valence-electron chi connectivity index (χ0n) is 10.7. The fourth-order valence-corrected chi connectivity index (χ4v) is 2.15. The van der Waals surface area contributed by atoms with Gasteiger partial charge in [-0.3, -0.25) is 9.59 Å². The molecule has 1 aromatic carbocycles. The molecule has 1 atom stereocenters. The van der Waals surface area contributed by atoms with E-state index in [0.717, 1.165) is 5.69 Å². The van der Waals surface area contributed by atoms with E-state index in [1.807, 2.05) is 30.3 Å². The first-order chi connectivity index (χ1) is 9.72. The molecule has 1 aromatic heterocycles. The number of aromatic nitrogens is 2. The molecule has 0 saturated carbocycles. The minimum atomic E-state index is -0.442. The van der Waals surface area contributed by atoms with Crippen molar-refractivity contribution < 1.29 is 9.59 Å². The number of nitrogens with one attached hydrogen (secondary N) is 2. The van der Waals surface area contributed by atoms with E-state index in [1.54, 1.807) is 17.1 Å². The molecule has 1 fully saturated rings. The minimum Gasteiger partial charge on any atom is -0.344 e. The maximum atomic E-state index is 11.9. The standard InChI is InChI=1S/C14H14N4O2/c19-13-7-6-12(17-13)14(20)16-10-8-15-18(9-10)11-4-2-1-3-5-11/h1-5,8-9,12H,6-7H2,(H,16,20)(H,17,19). The zero-order valence-corrected chi connectivity index (χ0v) is 10.7. The minimum absolute atomic E-state index is 0.0786. The molecule has 102 valence electrons. The van der Waals surface area contributed by atoms with Crippen LogP contribution >= 0.6 is 0 Å². The summed E-state index contributed by atoms with van der Waals surface area (Å²) in [6.07, 6.45) is 4.27. The first-order valence-corrected chi connectivity index (χ1v) is 6.43.